The Morgan fingerprint density at radius 3 is 2.89 bits per heavy atom. The van der Waals surface area contributed by atoms with Gasteiger partial charge in [-0.25, -0.2) is 0 Å². The van der Waals surface area contributed by atoms with Gasteiger partial charge in [0.2, 0.25) is 5.91 Å². The molecule has 1 amide bonds. The number of nitrogens with two attached hydrogens (primary N) is 1. The zero-order valence-electron chi connectivity index (χ0n) is 11.4. The molecule has 104 valence electrons. The fraction of sp³-hybridized carbons (Fsp3) is 0.533. The maximum atomic E-state index is 11.6. The molecule has 1 unspecified atom stereocenters. The summed E-state index contributed by atoms with van der Waals surface area (Å²) in [5.41, 5.74) is 7.34. The summed E-state index contributed by atoms with van der Waals surface area (Å²) in [5.74, 6) is -0.277. The molecule has 2 rings (SSSR count). The monoisotopic (exact) mass is 262 g/mol. The lowest BCUT2D eigenvalue weighted by Crippen LogP contribution is -2.48. The van der Waals surface area contributed by atoms with E-state index >= 15 is 0 Å². The largest absolute Gasteiger partial charge is 0.388 e. The van der Waals surface area contributed by atoms with Crippen molar-refractivity contribution in [2.45, 2.75) is 44.8 Å². The zero-order chi connectivity index (χ0) is 13.8. The standard InChI is InChI=1S/C15H22N2O2/c1-2-14(18)11-7-3-4-8-12(11)17-10-6-5-9-13(17)15(16)19/h3-4,7-8,13-14,18H,2,5-6,9-10H2,1H3,(H2,16,19)/t13?,14-/m0/s1. The Labute approximate surface area is 114 Å². The molecule has 0 aliphatic carbocycles. The normalized spacial score (nSPS) is 21.2. The molecule has 19 heavy (non-hydrogen) atoms. The molecule has 0 saturated carbocycles. The highest BCUT2D eigenvalue weighted by Crippen LogP contribution is 2.32. The van der Waals surface area contributed by atoms with Crippen molar-refractivity contribution in [2.24, 2.45) is 5.73 Å². The molecule has 0 spiro atoms. The summed E-state index contributed by atoms with van der Waals surface area (Å²) in [6, 6.07) is 7.50. The second kappa shape index (κ2) is 6.06. The minimum absolute atomic E-state index is 0.251. The van der Waals surface area contributed by atoms with Crippen LogP contribution >= 0.6 is 0 Å². The van der Waals surface area contributed by atoms with E-state index in [9.17, 15) is 9.90 Å². The van der Waals surface area contributed by atoms with Gasteiger partial charge in [0, 0.05) is 17.8 Å². The van der Waals surface area contributed by atoms with Crippen LogP contribution in [0.4, 0.5) is 5.69 Å². The molecule has 0 aromatic heterocycles. The summed E-state index contributed by atoms with van der Waals surface area (Å²) in [6.07, 6.45) is 3.05. The van der Waals surface area contributed by atoms with Crippen molar-refractivity contribution in [2.75, 3.05) is 11.4 Å². The average Bonchev–Trinajstić information content (AvgIpc) is 2.46. The summed E-state index contributed by atoms with van der Waals surface area (Å²) in [7, 11) is 0. The van der Waals surface area contributed by atoms with Crippen LogP contribution in [0.25, 0.3) is 0 Å². The number of para-hydroxylation sites is 1. The Balaban J connectivity index is 2.36. The highest BCUT2D eigenvalue weighted by molar-refractivity contribution is 5.84. The highest BCUT2D eigenvalue weighted by atomic mass is 16.3. The fourth-order valence-corrected chi connectivity index (χ4v) is 2.77. The van der Waals surface area contributed by atoms with Gasteiger partial charge >= 0.3 is 0 Å². The van der Waals surface area contributed by atoms with Gasteiger partial charge in [0.1, 0.15) is 6.04 Å². The van der Waals surface area contributed by atoms with Gasteiger partial charge in [-0.1, -0.05) is 25.1 Å². The van der Waals surface area contributed by atoms with Crippen LogP contribution in [0.1, 0.15) is 44.3 Å². The Morgan fingerprint density at radius 2 is 2.21 bits per heavy atom. The number of primary amides is 1. The smallest absolute Gasteiger partial charge is 0.240 e. The minimum Gasteiger partial charge on any atom is -0.388 e. The third-order valence-corrected chi connectivity index (χ3v) is 3.82. The van der Waals surface area contributed by atoms with Crippen LogP contribution in [0.2, 0.25) is 0 Å². The molecule has 1 aromatic carbocycles. The highest BCUT2D eigenvalue weighted by Gasteiger charge is 2.29. The average molecular weight is 262 g/mol. The van der Waals surface area contributed by atoms with Gasteiger partial charge < -0.3 is 15.7 Å². The van der Waals surface area contributed by atoms with Crippen molar-refractivity contribution >= 4 is 11.6 Å². The number of aliphatic hydroxyl groups is 1. The number of carbonyl (C=O) groups is 1. The first-order valence-electron chi connectivity index (χ1n) is 6.98. The molecular weight excluding hydrogens is 240 g/mol. The Hall–Kier alpha value is -1.55. The van der Waals surface area contributed by atoms with Crippen molar-refractivity contribution in [1.29, 1.82) is 0 Å². The van der Waals surface area contributed by atoms with Gasteiger partial charge in [-0.05, 0) is 31.7 Å². The molecule has 1 aliphatic heterocycles. The predicted octanol–water partition coefficient (Wildman–Crippen LogP) is 1.97. The maximum absolute atomic E-state index is 11.6. The van der Waals surface area contributed by atoms with Crippen LogP contribution in [0.5, 0.6) is 0 Å². The molecule has 4 heteroatoms. The zero-order valence-corrected chi connectivity index (χ0v) is 11.4. The van der Waals surface area contributed by atoms with Crippen molar-refractivity contribution in [3.63, 3.8) is 0 Å². The van der Waals surface area contributed by atoms with Crippen LogP contribution in [0, 0.1) is 0 Å². The lowest BCUT2D eigenvalue weighted by Gasteiger charge is -2.37. The number of piperidine rings is 1. The molecule has 4 nitrogen and oxygen atoms in total. The molecular formula is C15H22N2O2. The Kier molecular flexibility index (Phi) is 4.43. The molecule has 0 radical (unpaired) electrons. The second-order valence-corrected chi connectivity index (χ2v) is 5.09. The van der Waals surface area contributed by atoms with E-state index in [1.807, 2.05) is 31.2 Å². The molecule has 1 aromatic rings. The lowest BCUT2D eigenvalue weighted by molar-refractivity contribution is -0.119. The third-order valence-electron chi connectivity index (χ3n) is 3.82. The molecule has 1 aliphatic rings. The van der Waals surface area contributed by atoms with E-state index in [4.69, 9.17) is 5.73 Å². The fourth-order valence-electron chi connectivity index (χ4n) is 2.77. The third kappa shape index (κ3) is 2.89. The number of carbonyl (C=O) groups excluding carboxylic acids is 1. The van der Waals surface area contributed by atoms with Crippen molar-refractivity contribution in [1.82, 2.24) is 0 Å². The van der Waals surface area contributed by atoms with Gasteiger partial charge in [0.05, 0.1) is 6.10 Å². The topological polar surface area (TPSA) is 66.6 Å². The maximum Gasteiger partial charge on any atom is 0.240 e. The molecule has 2 atom stereocenters. The number of anilines is 1. The summed E-state index contributed by atoms with van der Waals surface area (Å²) in [4.78, 5) is 13.7. The van der Waals surface area contributed by atoms with E-state index in [1.165, 1.54) is 0 Å². The first-order chi connectivity index (χ1) is 9.15. The number of hydrogen-bond acceptors (Lipinski definition) is 3. The number of hydrogen-bond donors (Lipinski definition) is 2. The number of nitrogens with zero attached hydrogens (tertiary/aromatic N) is 1. The van der Waals surface area contributed by atoms with E-state index in [-0.39, 0.29) is 11.9 Å². The van der Waals surface area contributed by atoms with Crippen LogP contribution < -0.4 is 10.6 Å². The van der Waals surface area contributed by atoms with Crippen LogP contribution in [-0.4, -0.2) is 23.6 Å². The van der Waals surface area contributed by atoms with E-state index in [0.717, 1.165) is 37.1 Å². The van der Waals surface area contributed by atoms with Gasteiger partial charge in [-0.15, -0.1) is 0 Å². The molecule has 1 fully saturated rings. The summed E-state index contributed by atoms with van der Waals surface area (Å²) in [5, 5.41) is 10.1. The minimum atomic E-state index is -0.494. The van der Waals surface area contributed by atoms with E-state index in [1.54, 1.807) is 0 Å². The van der Waals surface area contributed by atoms with Crippen LogP contribution in [0.15, 0.2) is 24.3 Å². The SMILES string of the molecule is CC[C@H](O)c1ccccc1N1CCCCC1C(N)=O. The molecule has 0 bridgehead atoms. The number of aliphatic hydroxyl groups excluding tert-OH is 1. The second-order valence-electron chi connectivity index (χ2n) is 5.09. The van der Waals surface area contributed by atoms with Crippen LogP contribution in [-0.2, 0) is 4.79 Å². The van der Waals surface area contributed by atoms with Crippen molar-refractivity contribution in [3.05, 3.63) is 29.8 Å². The van der Waals surface area contributed by atoms with Gasteiger partial charge in [-0.3, -0.25) is 4.79 Å². The van der Waals surface area contributed by atoms with E-state index in [0.29, 0.717) is 6.42 Å². The van der Waals surface area contributed by atoms with Gasteiger partial charge in [0.25, 0.3) is 0 Å². The Bertz CT molecular complexity index is 448. The Morgan fingerprint density at radius 1 is 1.47 bits per heavy atom. The number of benzene rings is 1. The van der Waals surface area contributed by atoms with E-state index < -0.39 is 6.10 Å². The number of rotatable bonds is 4. The first kappa shape index (κ1) is 13.9. The van der Waals surface area contributed by atoms with Crippen molar-refractivity contribution in [3.8, 4) is 0 Å². The number of amides is 1. The molecule has 1 heterocycles. The van der Waals surface area contributed by atoms with Gasteiger partial charge in [0.15, 0.2) is 0 Å². The lowest BCUT2D eigenvalue weighted by atomic mass is 9.97. The predicted molar refractivity (Wildman–Crippen MR) is 75.9 cm³/mol. The quantitative estimate of drug-likeness (QED) is 0.872. The first-order valence-corrected chi connectivity index (χ1v) is 6.98. The summed E-state index contributed by atoms with van der Waals surface area (Å²) >= 11 is 0. The molecule has 1 saturated heterocycles. The summed E-state index contributed by atoms with van der Waals surface area (Å²) < 4.78 is 0. The molecule has 3 N–H and O–H groups in total. The van der Waals surface area contributed by atoms with Crippen molar-refractivity contribution < 1.29 is 9.90 Å². The van der Waals surface area contributed by atoms with E-state index in [2.05, 4.69) is 4.90 Å². The van der Waals surface area contributed by atoms with Crippen LogP contribution in [0.3, 0.4) is 0 Å². The summed E-state index contributed by atoms with van der Waals surface area (Å²) in [6.45, 7) is 2.77. The van der Waals surface area contributed by atoms with Gasteiger partial charge in [-0.2, -0.15) is 0 Å².